The number of aliphatic imine (C=N–C) groups is 1. The Morgan fingerprint density at radius 2 is 1.97 bits per heavy atom. The van der Waals surface area contributed by atoms with Crippen LogP contribution in [0.3, 0.4) is 0 Å². The van der Waals surface area contributed by atoms with Crippen molar-refractivity contribution in [3.63, 3.8) is 0 Å². The summed E-state index contributed by atoms with van der Waals surface area (Å²) in [5.41, 5.74) is 3.75. The first-order valence-electron chi connectivity index (χ1n) is 10.1. The quantitative estimate of drug-likeness (QED) is 0.324. The van der Waals surface area contributed by atoms with Crippen LogP contribution in [0.5, 0.6) is 5.75 Å². The van der Waals surface area contributed by atoms with Crippen LogP contribution in [0.4, 0.5) is 0 Å². The Labute approximate surface area is 206 Å². The number of methoxy groups -OCH3 is 1. The summed E-state index contributed by atoms with van der Waals surface area (Å²) in [5.74, 6) is 1.26. The second-order valence-corrected chi connectivity index (χ2v) is 8.04. The maximum Gasteiger partial charge on any atom is 0.241 e. The third-order valence-electron chi connectivity index (χ3n) is 5.23. The minimum Gasteiger partial charge on any atom is -0.495 e. The fourth-order valence-corrected chi connectivity index (χ4v) is 3.74. The Balaban J connectivity index is 0.00000341. The van der Waals surface area contributed by atoms with Gasteiger partial charge in [0.05, 0.1) is 25.2 Å². The molecule has 1 atom stereocenters. The fourth-order valence-electron chi connectivity index (χ4n) is 3.46. The first kappa shape index (κ1) is 25.3. The smallest absolute Gasteiger partial charge is 0.241 e. The van der Waals surface area contributed by atoms with Gasteiger partial charge in [-0.25, -0.2) is 4.99 Å². The zero-order valence-electron chi connectivity index (χ0n) is 18.2. The van der Waals surface area contributed by atoms with Gasteiger partial charge in [0, 0.05) is 20.1 Å². The fraction of sp³-hybridized carbons (Fsp3) is 0.391. The highest BCUT2D eigenvalue weighted by Gasteiger charge is 2.19. The zero-order chi connectivity index (χ0) is 21.5. The Morgan fingerprint density at radius 3 is 2.65 bits per heavy atom. The van der Waals surface area contributed by atoms with E-state index in [1.165, 1.54) is 11.1 Å². The van der Waals surface area contributed by atoms with E-state index in [2.05, 4.69) is 34.9 Å². The van der Waals surface area contributed by atoms with E-state index < -0.39 is 0 Å². The van der Waals surface area contributed by atoms with Crippen molar-refractivity contribution in [2.24, 2.45) is 4.99 Å². The molecule has 2 N–H and O–H groups in total. The number of nitrogens with one attached hydrogen (secondary N) is 2. The Morgan fingerprint density at radius 1 is 1.23 bits per heavy atom. The van der Waals surface area contributed by atoms with E-state index in [4.69, 9.17) is 21.3 Å². The molecule has 0 heterocycles. The summed E-state index contributed by atoms with van der Waals surface area (Å²) in [6.07, 6.45) is 2.99. The predicted octanol–water partition coefficient (Wildman–Crippen LogP) is 3.65. The third-order valence-corrected chi connectivity index (χ3v) is 5.52. The van der Waals surface area contributed by atoms with Crippen LogP contribution in [0.1, 0.15) is 23.1 Å². The topological polar surface area (TPSA) is 66.0 Å². The van der Waals surface area contributed by atoms with E-state index in [9.17, 15) is 4.79 Å². The monoisotopic (exact) mass is 556 g/mol. The van der Waals surface area contributed by atoms with Crippen molar-refractivity contribution in [1.29, 1.82) is 0 Å². The molecule has 2 aromatic carbocycles. The summed E-state index contributed by atoms with van der Waals surface area (Å²) in [5, 5.41) is 7.23. The lowest BCUT2D eigenvalue weighted by molar-refractivity contribution is -0.127. The maximum atomic E-state index is 12.0. The summed E-state index contributed by atoms with van der Waals surface area (Å²) in [6.45, 7) is 0.629. The number of hydrogen-bond acceptors (Lipinski definition) is 3. The van der Waals surface area contributed by atoms with Gasteiger partial charge in [-0.3, -0.25) is 4.79 Å². The molecule has 0 saturated heterocycles. The van der Waals surface area contributed by atoms with Crippen LogP contribution >= 0.6 is 35.6 Å². The van der Waals surface area contributed by atoms with E-state index in [1.807, 2.05) is 18.2 Å². The molecule has 1 amide bonds. The van der Waals surface area contributed by atoms with Crippen LogP contribution in [-0.2, 0) is 24.2 Å². The molecule has 0 fully saturated rings. The highest BCUT2D eigenvalue weighted by Crippen LogP contribution is 2.25. The van der Waals surface area contributed by atoms with Gasteiger partial charge in [0.25, 0.3) is 0 Å². The number of carbonyl (C=O) groups is 1. The number of ether oxygens (including phenoxy) is 1. The molecule has 0 saturated carbocycles. The van der Waals surface area contributed by atoms with Gasteiger partial charge in [0.2, 0.25) is 5.91 Å². The van der Waals surface area contributed by atoms with Crippen molar-refractivity contribution < 1.29 is 9.53 Å². The minimum atomic E-state index is -0.00835. The normalized spacial score (nSPS) is 15.4. The van der Waals surface area contributed by atoms with Gasteiger partial charge in [-0.1, -0.05) is 41.9 Å². The van der Waals surface area contributed by atoms with Crippen molar-refractivity contribution in [3.05, 3.63) is 64.2 Å². The van der Waals surface area contributed by atoms with Crippen LogP contribution in [-0.4, -0.2) is 50.6 Å². The van der Waals surface area contributed by atoms with Gasteiger partial charge < -0.3 is 20.3 Å². The number of guanidine groups is 1. The Bertz CT molecular complexity index is 920. The van der Waals surface area contributed by atoms with Crippen LogP contribution in [0, 0.1) is 0 Å². The molecule has 8 heteroatoms. The Kier molecular flexibility index (Phi) is 9.90. The second-order valence-electron chi connectivity index (χ2n) is 7.63. The van der Waals surface area contributed by atoms with Crippen molar-refractivity contribution in [2.45, 2.75) is 31.8 Å². The molecule has 0 aromatic heterocycles. The van der Waals surface area contributed by atoms with Crippen molar-refractivity contribution in [3.8, 4) is 5.75 Å². The lowest BCUT2D eigenvalue weighted by Gasteiger charge is -2.27. The standard InChI is InChI=1S/C23H29ClN4O2.HI/c1-28(2)22(29)15-26-23(25-14-16-8-11-21(30-3)20(24)12-16)27-19-10-9-17-6-4-5-7-18(17)13-19;/h4-8,11-12,19H,9-10,13-15H2,1-3H3,(H2,25,26,27);1H. The minimum absolute atomic E-state index is 0. The number of amides is 1. The van der Waals surface area contributed by atoms with Gasteiger partial charge in [-0.15, -0.1) is 24.0 Å². The van der Waals surface area contributed by atoms with Gasteiger partial charge >= 0.3 is 0 Å². The van der Waals surface area contributed by atoms with E-state index in [0.717, 1.165) is 24.8 Å². The number of aryl methyl sites for hydroxylation is 1. The van der Waals surface area contributed by atoms with Crippen molar-refractivity contribution in [1.82, 2.24) is 15.5 Å². The molecule has 6 nitrogen and oxygen atoms in total. The number of fused-ring (bicyclic) bond motifs is 1. The van der Waals surface area contributed by atoms with Gasteiger partial charge in [0.1, 0.15) is 5.75 Å². The highest BCUT2D eigenvalue weighted by atomic mass is 127. The molecule has 0 radical (unpaired) electrons. The van der Waals surface area contributed by atoms with Crippen LogP contribution < -0.4 is 15.4 Å². The molecule has 0 aliphatic heterocycles. The van der Waals surface area contributed by atoms with Crippen molar-refractivity contribution >= 4 is 47.4 Å². The number of halogens is 2. The second kappa shape index (κ2) is 12.1. The lowest BCUT2D eigenvalue weighted by atomic mass is 9.88. The maximum absolute atomic E-state index is 12.0. The number of benzene rings is 2. The molecule has 1 aliphatic carbocycles. The van der Waals surface area contributed by atoms with Crippen molar-refractivity contribution in [2.75, 3.05) is 27.7 Å². The van der Waals surface area contributed by atoms with E-state index in [0.29, 0.717) is 23.3 Å². The Hall–Kier alpha value is -2.00. The van der Waals surface area contributed by atoms with Crippen LogP contribution in [0.2, 0.25) is 5.02 Å². The molecule has 2 aromatic rings. The van der Waals surface area contributed by atoms with E-state index >= 15 is 0 Å². The average molecular weight is 557 g/mol. The molecule has 168 valence electrons. The molecular formula is C23H30ClIN4O2. The van der Waals surface area contributed by atoms with Gasteiger partial charge in [0.15, 0.2) is 5.96 Å². The lowest BCUT2D eigenvalue weighted by Crippen LogP contribution is -2.48. The predicted molar refractivity (Wildman–Crippen MR) is 137 cm³/mol. The van der Waals surface area contributed by atoms with E-state index in [-0.39, 0.29) is 42.5 Å². The first-order valence-corrected chi connectivity index (χ1v) is 10.5. The van der Waals surface area contributed by atoms with E-state index in [1.54, 1.807) is 26.1 Å². The zero-order valence-corrected chi connectivity index (χ0v) is 21.2. The summed E-state index contributed by atoms with van der Waals surface area (Å²) in [7, 11) is 5.08. The summed E-state index contributed by atoms with van der Waals surface area (Å²) >= 11 is 6.23. The number of likely N-dealkylation sites (N-methyl/N-ethyl adjacent to an activating group) is 1. The number of rotatable bonds is 6. The number of hydrogen-bond donors (Lipinski definition) is 2. The molecular weight excluding hydrogens is 527 g/mol. The van der Waals surface area contributed by atoms with Crippen LogP contribution in [0.15, 0.2) is 47.5 Å². The number of nitrogens with zero attached hydrogens (tertiary/aromatic N) is 2. The molecule has 0 spiro atoms. The average Bonchev–Trinajstić information content (AvgIpc) is 2.75. The van der Waals surface area contributed by atoms with Crippen LogP contribution in [0.25, 0.3) is 0 Å². The summed E-state index contributed by atoms with van der Waals surface area (Å²) < 4.78 is 5.21. The highest BCUT2D eigenvalue weighted by molar-refractivity contribution is 14.0. The molecule has 31 heavy (non-hydrogen) atoms. The molecule has 1 unspecified atom stereocenters. The molecule has 0 bridgehead atoms. The SMILES string of the molecule is COc1ccc(CN=C(NCC(=O)N(C)C)NC2CCc3ccccc3C2)cc1Cl.I. The molecule has 3 rings (SSSR count). The van der Waals surface area contributed by atoms with Gasteiger partial charge in [-0.2, -0.15) is 0 Å². The first-order chi connectivity index (χ1) is 14.5. The summed E-state index contributed by atoms with van der Waals surface area (Å²) in [6, 6.07) is 14.4. The largest absolute Gasteiger partial charge is 0.495 e. The summed E-state index contributed by atoms with van der Waals surface area (Å²) in [4.78, 5) is 18.3. The van der Waals surface area contributed by atoms with Gasteiger partial charge in [-0.05, 0) is 48.1 Å². The number of carbonyl (C=O) groups excluding carboxylic acids is 1. The third kappa shape index (κ3) is 7.28. The molecule has 1 aliphatic rings.